The Kier molecular flexibility index (Phi) is 2.38. The molecule has 0 unspecified atom stereocenters. The lowest BCUT2D eigenvalue weighted by Gasteiger charge is -2.04. The van der Waals surface area contributed by atoms with Crippen molar-refractivity contribution >= 4 is 60.2 Å². The standard InChI is InChI=1S/C16H8BrClO/c17-14-9-5-1-2-6-10(9)15(18)16-13(14)11-7-3-4-8-12(11)19-16/h1-8H. The van der Waals surface area contributed by atoms with Gasteiger partial charge >= 0.3 is 0 Å². The maximum atomic E-state index is 6.50. The van der Waals surface area contributed by atoms with Crippen LogP contribution in [-0.2, 0) is 0 Å². The van der Waals surface area contributed by atoms with Crippen LogP contribution in [0, 0.1) is 0 Å². The number of rotatable bonds is 0. The minimum atomic E-state index is 0.671. The first kappa shape index (κ1) is 11.3. The van der Waals surface area contributed by atoms with E-state index in [0.29, 0.717) is 5.02 Å². The molecule has 3 aromatic carbocycles. The predicted molar refractivity (Wildman–Crippen MR) is 83.9 cm³/mol. The third kappa shape index (κ3) is 1.47. The first-order valence-corrected chi connectivity index (χ1v) is 7.11. The van der Waals surface area contributed by atoms with Crippen LogP contribution in [0.5, 0.6) is 0 Å². The average Bonchev–Trinajstić information content (AvgIpc) is 2.84. The van der Waals surface area contributed by atoms with Crippen LogP contribution < -0.4 is 0 Å². The van der Waals surface area contributed by atoms with Crippen molar-refractivity contribution in [1.29, 1.82) is 0 Å². The van der Waals surface area contributed by atoms with Crippen molar-refractivity contribution in [2.75, 3.05) is 0 Å². The highest BCUT2D eigenvalue weighted by Gasteiger charge is 2.17. The summed E-state index contributed by atoms with van der Waals surface area (Å²) in [4.78, 5) is 0. The van der Waals surface area contributed by atoms with E-state index < -0.39 is 0 Å². The molecule has 0 aliphatic rings. The molecule has 0 fully saturated rings. The average molecular weight is 332 g/mol. The van der Waals surface area contributed by atoms with Gasteiger partial charge in [-0.15, -0.1) is 0 Å². The maximum Gasteiger partial charge on any atom is 0.155 e. The molecule has 4 aromatic rings. The Hall–Kier alpha value is -1.51. The van der Waals surface area contributed by atoms with Crippen LogP contribution in [-0.4, -0.2) is 0 Å². The minimum absolute atomic E-state index is 0.671. The zero-order valence-corrected chi connectivity index (χ0v) is 12.1. The van der Waals surface area contributed by atoms with Crippen molar-refractivity contribution in [2.24, 2.45) is 0 Å². The number of benzene rings is 3. The summed E-state index contributed by atoms with van der Waals surface area (Å²) < 4.78 is 6.94. The number of furan rings is 1. The van der Waals surface area contributed by atoms with Gasteiger partial charge in [-0.25, -0.2) is 0 Å². The summed E-state index contributed by atoms with van der Waals surface area (Å²) in [5.41, 5.74) is 1.60. The molecule has 1 aromatic heterocycles. The lowest BCUT2D eigenvalue weighted by molar-refractivity contribution is 0.669. The molecule has 0 aliphatic carbocycles. The summed E-state index contributed by atoms with van der Waals surface area (Å²) in [5, 5.41) is 4.90. The van der Waals surface area contributed by atoms with Crippen LogP contribution in [0.1, 0.15) is 0 Å². The molecule has 0 amide bonds. The lowest BCUT2D eigenvalue weighted by atomic mass is 10.1. The Morgan fingerprint density at radius 1 is 0.842 bits per heavy atom. The Labute approximate surface area is 122 Å². The van der Waals surface area contributed by atoms with E-state index in [-0.39, 0.29) is 0 Å². The predicted octanol–water partition coefficient (Wildman–Crippen LogP) is 6.16. The molecule has 19 heavy (non-hydrogen) atoms. The molecular formula is C16H8BrClO. The zero-order valence-electron chi connectivity index (χ0n) is 9.78. The highest BCUT2D eigenvalue weighted by molar-refractivity contribution is 9.10. The Morgan fingerprint density at radius 3 is 2.26 bits per heavy atom. The van der Waals surface area contributed by atoms with Crippen molar-refractivity contribution in [3.63, 3.8) is 0 Å². The fourth-order valence-corrected chi connectivity index (χ4v) is 3.58. The summed E-state index contributed by atoms with van der Waals surface area (Å²) in [7, 11) is 0. The van der Waals surface area contributed by atoms with E-state index in [1.54, 1.807) is 0 Å². The van der Waals surface area contributed by atoms with E-state index >= 15 is 0 Å². The molecule has 3 heteroatoms. The zero-order chi connectivity index (χ0) is 13.0. The maximum absolute atomic E-state index is 6.50. The van der Waals surface area contributed by atoms with Gasteiger partial charge in [0.15, 0.2) is 5.58 Å². The molecule has 0 bridgehead atoms. The fraction of sp³-hybridized carbons (Fsp3) is 0. The van der Waals surface area contributed by atoms with E-state index in [0.717, 1.165) is 37.2 Å². The molecule has 1 nitrogen and oxygen atoms in total. The Morgan fingerprint density at radius 2 is 1.47 bits per heavy atom. The van der Waals surface area contributed by atoms with Gasteiger partial charge in [0, 0.05) is 20.6 Å². The highest BCUT2D eigenvalue weighted by atomic mass is 79.9. The summed E-state index contributed by atoms with van der Waals surface area (Å²) >= 11 is 10.2. The van der Waals surface area contributed by atoms with E-state index in [4.69, 9.17) is 16.0 Å². The summed E-state index contributed by atoms with van der Waals surface area (Å²) in [6.45, 7) is 0. The highest BCUT2D eigenvalue weighted by Crippen LogP contribution is 2.43. The van der Waals surface area contributed by atoms with Crippen molar-refractivity contribution < 1.29 is 4.42 Å². The number of para-hydroxylation sites is 1. The molecule has 1 heterocycles. The first-order chi connectivity index (χ1) is 9.27. The van der Waals surface area contributed by atoms with Gasteiger partial charge < -0.3 is 4.42 Å². The third-order valence-electron chi connectivity index (χ3n) is 3.41. The van der Waals surface area contributed by atoms with Gasteiger partial charge in [-0.2, -0.15) is 0 Å². The van der Waals surface area contributed by atoms with Crippen LogP contribution in [0.25, 0.3) is 32.7 Å². The van der Waals surface area contributed by atoms with Crippen LogP contribution in [0.2, 0.25) is 5.02 Å². The number of fused-ring (bicyclic) bond motifs is 4. The summed E-state index contributed by atoms with van der Waals surface area (Å²) in [6.07, 6.45) is 0. The molecule has 4 rings (SSSR count). The molecular weight excluding hydrogens is 324 g/mol. The molecule has 0 N–H and O–H groups in total. The summed E-state index contributed by atoms with van der Waals surface area (Å²) in [6, 6.07) is 16.0. The first-order valence-electron chi connectivity index (χ1n) is 5.94. The Bertz CT molecular complexity index is 940. The molecule has 0 spiro atoms. The van der Waals surface area contributed by atoms with Gasteiger partial charge in [0.1, 0.15) is 5.58 Å². The second kappa shape index (κ2) is 3.99. The SMILES string of the molecule is Clc1c2ccccc2c(Br)c2c1oc1ccccc12. The topological polar surface area (TPSA) is 13.1 Å². The van der Waals surface area contributed by atoms with E-state index in [1.165, 1.54) is 0 Å². The van der Waals surface area contributed by atoms with Crippen LogP contribution in [0.3, 0.4) is 0 Å². The van der Waals surface area contributed by atoms with E-state index in [9.17, 15) is 0 Å². The van der Waals surface area contributed by atoms with Crippen molar-refractivity contribution in [3.05, 3.63) is 58.0 Å². The second-order valence-electron chi connectivity index (χ2n) is 4.48. The van der Waals surface area contributed by atoms with Gasteiger partial charge in [-0.1, -0.05) is 54.1 Å². The van der Waals surface area contributed by atoms with Crippen molar-refractivity contribution in [2.45, 2.75) is 0 Å². The monoisotopic (exact) mass is 330 g/mol. The molecule has 0 aliphatic heterocycles. The summed E-state index contributed by atoms with van der Waals surface area (Å²) in [5.74, 6) is 0. The molecule has 0 saturated carbocycles. The van der Waals surface area contributed by atoms with E-state index in [1.807, 2.05) is 36.4 Å². The second-order valence-corrected chi connectivity index (χ2v) is 5.65. The van der Waals surface area contributed by atoms with Gasteiger partial charge in [-0.3, -0.25) is 0 Å². The smallest absolute Gasteiger partial charge is 0.155 e. The molecule has 0 radical (unpaired) electrons. The number of hydrogen-bond acceptors (Lipinski definition) is 1. The molecule has 0 saturated heterocycles. The van der Waals surface area contributed by atoms with Crippen molar-refractivity contribution in [3.8, 4) is 0 Å². The third-order valence-corrected chi connectivity index (χ3v) is 4.61. The van der Waals surface area contributed by atoms with Crippen molar-refractivity contribution in [1.82, 2.24) is 0 Å². The largest absolute Gasteiger partial charge is 0.454 e. The van der Waals surface area contributed by atoms with Crippen LogP contribution in [0.4, 0.5) is 0 Å². The van der Waals surface area contributed by atoms with Gasteiger partial charge in [0.25, 0.3) is 0 Å². The molecule has 0 atom stereocenters. The van der Waals surface area contributed by atoms with Gasteiger partial charge in [-0.05, 0) is 27.4 Å². The van der Waals surface area contributed by atoms with Gasteiger partial charge in [0.05, 0.1) is 5.02 Å². The molecule has 92 valence electrons. The normalized spacial score (nSPS) is 11.7. The fourth-order valence-electron chi connectivity index (χ4n) is 2.54. The van der Waals surface area contributed by atoms with Crippen LogP contribution in [0.15, 0.2) is 57.4 Å². The van der Waals surface area contributed by atoms with Gasteiger partial charge in [0.2, 0.25) is 0 Å². The minimum Gasteiger partial charge on any atom is -0.454 e. The Balaban J connectivity index is 2.39. The van der Waals surface area contributed by atoms with E-state index in [2.05, 4.69) is 28.1 Å². The number of hydrogen-bond donors (Lipinski definition) is 0. The quantitative estimate of drug-likeness (QED) is 0.376. The lowest BCUT2D eigenvalue weighted by Crippen LogP contribution is -1.79. The number of halogens is 2. The van der Waals surface area contributed by atoms with Crippen LogP contribution >= 0.6 is 27.5 Å².